The van der Waals surface area contributed by atoms with E-state index in [0.29, 0.717) is 0 Å². The van der Waals surface area contributed by atoms with Crippen molar-refractivity contribution in [2.75, 3.05) is 5.32 Å². The van der Waals surface area contributed by atoms with Crippen LogP contribution < -0.4 is 9.88 Å². The van der Waals surface area contributed by atoms with Crippen LogP contribution in [0.25, 0.3) is 10.8 Å². The normalized spacial score (nSPS) is 13.2. The predicted molar refractivity (Wildman–Crippen MR) is 92.4 cm³/mol. The van der Waals surface area contributed by atoms with Gasteiger partial charge in [0.1, 0.15) is 23.8 Å². The molecule has 21 heavy (non-hydrogen) atoms. The van der Waals surface area contributed by atoms with Gasteiger partial charge in [0.25, 0.3) is 5.82 Å². The molecule has 0 radical (unpaired) electrons. The van der Waals surface area contributed by atoms with E-state index in [2.05, 4.69) is 90.4 Å². The second kappa shape index (κ2) is 5.11. The average molecular weight is 405 g/mol. The lowest BCUT2D eigenvalue weighted by atomic mass is 10.0. The van der Waals surface area contributed by atoms with Crippen LogP contribution in [0.3, 0.4) is 0 Å². The zero-order chi connectivity index (χ0) is 14.4. The number of benzene rings is 2. The van der Waals surface area contributed by atoms with E-state index in [1.165, 1.54) is 21.9 Å². The monoisotopic (exact) mass is 403 g/mol. The van der Waals surface area contributed by atoms with Gasteiger partial charge >= 0.3 is 0 Å². The Labute approximate surface area is 140 Å². The van der Waals surface area contributed by atoms with Crippen molar-refractivity contribution in [3.05, 3.63) is 68.7 Å². The summed E-state index contributed by atoms with van der Waals surface area (Å²) in [5, 5.41) is 6.14. The Morgan fingerprint density at radius 2 is 1.67 bits per heavy atom. The molecule has 2 nitrogen and oxygen atoms in total. The highest BCUT2D eigenvalue weighted by atomic mass is 79.9. The molecule has 1 N–H and O–H groups in total. The molecule has 1 aromatic heterocycles. The van der Waals surface area contributed by atoms with Gasteiger partial charge in [0.2, 0.25) is 0 Å². The van der Waals surface area contributed by atoms with Crippen molar-refractivity contribution in [1.29, 1.82) is 0 Å². The number of fused-ring (bicyclic) bond motifs is 3. The summed E-state index contributed by atoms with van der Waals surface area (Å²) < 4.78 is 4.40. The molecule has 0 spiro atoms. The Kier molecular flexibility index (Phi) is 3.23. The molecule has 0 saturated heterocycles. The van der Waals surface area contributed by atoms with Crippen LogP contribution in [0, 0.1) is 0 Å². The molecule has 0 unspecified atom stereocenters. The van der Waals surface area contributed by atoms with E-state index in [-0.39, 0.29) is 0 Å². The van der Waals surface area contributed by atoms with Crippen molar-refractivity contribution in [2.24, 2.45) is 0 Å². The number of halogens is 2. The third-order valence-corrected chi connectivity index (χ3v) is 4.95. The molecule has 0 bridgehead atoms. The van der Waals surface area contributed by atoms with E-state index in [9.17, 15) is 0 Å². The number of rotatable bonds is 0. The summed E-state index contributed by atoms with van der Waals surface area (Å²) in [6, 6.07) is 15.2. The molecule has 4 rings (SSSR count). The Morgan fingerprint density at radius 1 is 0.952 bits per heavy atom. The van der Waals surface area contributed by atoms with Gasteiger partial charge in [-0.2, -0.15) is 0 Å². The fourth-order valence-corrected chi connectivity index (χ4v) is 4.29. The first-order valence-corrected chi connectivity index (χ1v) is 8.42. The number of anilines is 1. The minimum absolute atomic E-state index is 0.848. The minimum atomic E-state index is 0.848. The fraction of sp³-hybridized carbons (Fsp3) is 0.118. The molecule has 0 saturated carbocycles. The first-order chi connectivity index (χ1) is 10.2. The van der Waals surface area contributed by atoms with Crippen LogP contribution in [0.15, 0.2) is 57.6 Å². The summed E-state index contributed by atoms with van der Waals surface area (Å²) in [5.41, 5.74) is 2.73. The van der Waals surface area contributed by atoms with E-state index in [0.717, 1.165) is 27.9 Å². The Bertz CT molecular complexity index is 859. The van der Waals surface area contributed by atoms with Gasteiger partial charge in [-0.05, 0) is 60.8 Å². The van der Waals surface area contributed by atoms with Crippen LogP contribution in [0.4, 0.5) is 5.82 Å². The van der Waals surface area contributed by atoms with Crippen molar-refractivity contribution in [2.45, 2.75) is 13.1 Å². The van der Waals surface area contributed by atoms with Crippen LogP contribution in [0.2, 0.25) is 0 Å². The molecule has 4 heteroatoms. The van der Waals surface area contributed by atoms with Crippen LogP contribution in [0.1, 0.15) is 11.1 Å². The first-order valence-electron chi connectivity index (χ1n) is 6.83. The van der Waals surface area contributed by atoms with Gasteiger partial charge in [0, 0.05) is 11.1 Å². The Morgan fingerprint density at radius 3 is 2.43 bits per heavy atom. The molecule has 1 aliphatic heterocycles. The molecular weight excluding hydrogens is 392 g/mol. The Balaban J connectivity index is 1.90. The van der Waals surface area contributed by atoms with Crippen LogP contribution in [-0.4, -0.2) is 0 Å². The second-order valence-electron chi connectivity index (χ2n) is 5.30. The molecule has 1 aliphatic rings. The first kappa shape index (κ1) is 13.3. The van der Waals surface area contributed by atoms with Crippen molar-refractivity contribution >= 4 is 48.5 Å². The fourth-order valence-electron chi connectivity index (χ4n) is 2.90. The van der Waals surface area contributed by atoms with Crippen molar-refractivity contribution in [3.8, 4) is 0 Å². The van der Waals surface area contributed by atoms with Crippen LogP contribution >= 0.6 is 31.9 Å². The number of nitrogens with one attached hydrogen (secondary N) is 1. The number of nitrogens with zero attached hydrogens (tertiary/aromatic N) is 1. The summed E-state index contributed by atoms with van der Waals surface area (Å²) in [7, 11) is 0. The van der Waals surface area contributed by atoms with Crippen LogP contribution in [0.5, 0.6) is 0 Å². The number of aromatic nitrogens is 1. The largest absolute Gasteiger partial charge is 0.289 e. The maximum atomic E-state index is 3.64. The SMILES string of the molecule is Brc1cc(Br)c2[n+](c1)Cc1cc3ccccc3cc1CN2. The maximum absolute atomic E-state index is 3.64. The number of hydrogen-bond acceptors (Lipinski definition) is 1. The lowest BCUT2D eigenvalue weighted by Crippen LogP contribution is -2.36. The van der Waals surface area contributed by atoms with E-state index in [1.807, 2.05) is 0 Å². The molecule has 3 aromatic rings. The standard InChI is InChI=1S/C17H12Br2N2/c18-15-7-16(19)17-20-8-13-5-11-3-1-2-4-12(11)6-14(13)9-21(17)10-15/h1-7,10H,8-9H2/p+1. The highest BCUT2D eigenvalue weighted by molar-refractivity contribution is 9.11. The Hall–Kier alpha value is -1.39. The molecule has 2 aromatic carbocycles. The highest BCUT2D eigenvalue weighted by Crippen LogP contribution is 2.27. The molecule has 2 heterocycles. The quantitative estimate of drug-likeness (QED) is 0.540. The van der Waals surface area contributed by atoms with Gasteiger partial charge in [-0.15, -0.1) is 0 Å². The van der Waals surface area contributed by atoms with E-state index < -0.39 is 0 Å². The van der Waals surface area contributed by atoms with E-state index >= 15 is 0 Å². The summed E-state index contributed by atoms with van der Waals surface area (Å²) >= 11 is 7.21. The van der Waals surface area contributed by atoms with Gasteiger partial charge < -0.3 is 0 Å². The molecule has 0 aliphatic carbocycles. The maximum Gasteiger partial charge on any atom is 0.289 e. The highest BCUT2D eigenvalue weighted by Gasteiger charge is 2.21. The van der Waals surface area contributed by atoms with Gasteiger partial charge in [-0.3, -0.25) is 5.32 Å². The van der Waals surface area contributed by atoms with Crippen LogP contribution in [-0.2, 0) is 13.1 Å². The molecule has 0 fully saturated rings. The molecule has 0 amide bonds. The smallest absolute Gasteiger partial charge is 0.269 e. The molecule has 0 atom stereocenters. The van der Waals surface area contributed by atoms with Gasteiger partial charge in [-0.25, -0.2) is 4.57 Å². The third-order valence-electron chi connectivity index (χ3n) is 3.91. The van der Waals surface area contributed by atoms with Crippen molar-refractivity contribution in [3.63, 3.8) is 0 Å². The topological polar surface area (TPSA) is 15.9 Å². The minimum Gasteiger partial charge on any atom is -0.269 e. The third kappa shape index (κ3) is 2.36. The average Bonchev–Trinajstić information content (AvgIpc) is 2.63. The number of pyridine rings is 1. The summed E-state index contributed by atoms with van der Waals surface area (Å²) in [6.07, 6.45) is 2.12. The zero-order valence-corrected chi connectivity index (χ0v) is 14.4. The van der Waals surface area contributed by atoms with Crippen molar-refractivity contribution in [1.82, 2.24) is 0 Å². The van der Waals surface area contributed by atoms with Gasteiger partial charge in [0.15, 0.2) is 0 Å². The summed E-state index contributed by atoms with van der Waals surface area (Å²) in [4.78, 5) is 0. The van der Waals surface area contributed by atoms with E-state index in [1.54, 1.807) is 0 Å². The second-order valence-corrected chi connectivity index (χ2v) is 7.07. The van der Waals surface area contributed by atoms with Gasteiger partial charge in [0.05, 0.1) is 4.47 Å². The molecular formula is C17H13Br2N2+. The summed E-state index contributed by atoms with van der Waals surface area (Å²) in [5.74, 6) is 1.12. The predicted octanol–water partition coefficient (Wildman–Crippen LogP) is 4.63. The van der Waals surface area contributed by atoms with E-state index in [4.69, 9.17) is 0 Å². The zero-order valence-electron chi connectivity index (χ0n) is 11.2. The lowest BCUT2D eigenvalue weighted by molar-refractivity contribution is -0.674. The molecule has 104 valence electrons. The van der Waals surface area contributed by atoms with Gasteiger partial charge in [-0.1, -0.05) is 24.3 Å². The number of hydrogen-bond donors (Lipinski definition) is 1. The summed E-state index contributed by atoms with van der Waals surface area (Å²) in [6.45, 7) is 1.72. The lowest BCUT2D eigenvalue weighted by Gasteiger charge is -2.07. The van der Waals surface area contributed by atoms with Crippen molar-refractivity contribution < 1.29 is 4.57 Å².